The van der Waals surface area contributed by atoms with Crippen LogP contribution in [0.1, 0.15) is 17.5 Å². The third-order valence-electron chi connectivity index (χ3n) is 1.56. The number of nitriles is 1. The molecule has 1 N–H and O–H groups in total. The SMILES string of the molecule is N#Cc1ccc(C#CCC(=O)O)c(F)c1. The van der Waals surface area contributed by atoms with Crippen LogP contribution in [0.3, 0.4) is 0 Å². The van der Waals surface area contributed by atoms with Gasteiger partial charge >= 0.3 is 5.97 Å². The number of hydrogen-bond acceptors (Lipinski definition) is 2. The second kappa shape index (κ2) is 4.78. The van der Waals surface area contributed by atoms with Crippen LogP contribution in [0.15, 0.2) is 18.2 Å². The summed E-state index contributed by atoms with van der Waals surface area (Å²) >= 11 is 0. The van der Waals surface area contributed by atoms with Crippen molar-refractivity contribution in [3.05, 3.63) is 35.1 Å². The first kappa shape index (κ1) is 10.7. The van der Waals surface area contributed by atoms with E-state index in [1.54, 1.807) is 6.07 Å². The van der Waals surface area contributed by atoms with E-state index in [1.165, 1.54) is 12.1 Å². The molecule has 0 fully saturated rings. The highest BCUT2D eigenvalue weighted by Gasteiger charge is 2.00. The third-order valence-corrected chi connectivity index (χ3v) is 1.56. The normalized spacial score (nSPS) is 8.53. The lowest BCUT2D eigenvalue weighted by atomic mass is 10.1. The number of carboxylic acid groups (broad SMARTS) is 1. The summed E-state index contributed by atoms with van der Waals surface area (Å²) in [5.74, 6) is 3.01. The fraction of sp³-hybridized carbons (Fsp3) is 0.0909. The van der Waals surface area contributed by atoms with Crippen molar-refractivity contribution in [2.45, 2.75) is 6.42 Å². The molecule has 1 aromatic rings. The van der Waals surface area contributed by atoms with Gasteiger partial charge in [-0.25, -0.2) is 4.39 Å². The molecular weight excluding hydrogens is 197 g/mol. The summed E-state index contributed by atoms with van der Waals surface area (Å²) in [5.41, 5.74) is 0.298. The quantitative estimate of drug-likeness (QED) is 0.704. The van der Waals surface area contributed by atoms with Gasteiger partial charge in [-0.1, -0.05) is 11.8 Å². The molecule has 0 saturated carbocycles. The van der Waals surface area contributed by atoms with Crippen LogP contribution < -0.4 is 0 Å². The van der Waals surface area contributed by atoms with Gasteiger partial charge in [-0.05, 0) is 18.2 Å². The minimum Gasteiger partial charge on any atom is -0.481 e. The molecule has 3 nitrogen and oxygen atoms in total. The zero-order valence-corrected chi connectivity index (χ0v) is 7.62. The zero-order valence-electron chi connectivity index (χ0n) is 7.62. The van der Waals surface area contributed by atoms with Gasteiger partial charge in [0.1, 0.15) is 12.2 Å². The number of aliphatic carboxylic acids is 1. The molecule has 0 amide bonds. The molecule has 15 heavy (non-hydrogen) atoms. The largest absolute Gasteiger partial charge is 0.481 e. The smallest absolute Gasteiger partial charge is 0.315 e. The molecule has 1 aromatic carbocycles. The highest BCUT2D eigenvalue weighted by molar-refractivity contribution is 5.70. The van der Waals surface area contributed by atoms with Gasteiger partial charge in [-0.3, -0.25) is 4.79 Å². The van der Waals surface area contributed by atoms with Crippen molar-refractivity contribution in [3.63, 3.8) is 0 Å². The second-order valence-corrected chi connectivity index (χ2v) is 2.68. The van der Waals surface area contributed by atoms with E-state index >= 15 is 0 Å². The molecule has 0 aliphatic rings. The van der Waals surface area contributed by atoms with Gasteiger partial charge in [-0.15, -0.1) is 0 Å². The molecule has 0 aliphatic carbocycles. The Morgan fingerprint density at radius 1 is 1.53 bits per heavy atom. The molecule has 0 aliphatic heterocycles. The predicted molar refractivity (Wildman–Crippen MR) is 50.2 cm³/mol. The van der Waals surface area contributed by atoms with Gasteiger partial charge in [0.15, 0.2) is 0 Å². The van der Waals surface area contributed by atoms with Gasteiger partial charge in [0.05, 0.1) is 17.2 Å². The molecule has 0 spiro atoms. The minimum atomic E-state index is -1.06. The number of rotatable bonds is 1. The number of carbonyl (C=O) groups is 1. The van der Waals surface area contributed by atoms with Gasteiger partial charge in [0.25, 0.3) is 0 Å². The topological polar surface area (TPSA) is 61.1 Å². The highest BCUT2D eigenvalue weighted by atomic mass is 19.1. The minimum absolute atomic E-state index is 0.0928. The van der Waals surface area contributed by atoms with Crippen LogP contribution in [0, 0.1) is 29.0 Å². The summed E-state index contributed by atoms with van der Waals surface area (Å²) in [6.45, 7) is 0. The molecule has 0 radical (unpaired) electrons. The fourth-order valence-corrected chi connectivity index (χ4v) is 0.901. The van der Waals surface area contributed by atoms with Gasteiger partial charge in [0.2, 0.25) is 0 Å². The summed E-state index contributed by atoms with van der Waals surface area (Å²) in [7, 11) is 0. The van der Waals surface area contributed by atoms with Crippen molar-refractivity contribution in [1.82, 2.24) is 0 Å². The van der Waals surface area contributed by atoms with Gasteiger partial charge < -0.3 is 5.11 Å². The van der Waals surface area contributed by atoms with Crippen LogP contribution in [0.5, 0.6) is 0 Å². The van der Waals surface area contributed by atoms with Crippen LogP contribution in [0.4, 0.5) is 4.39 Å². The van der Waals surface area contributed by atoms with Crippen LogP contribution in [0.25, 0.3) is 0 Å². The van der Waals surface area contributed by atoms with Crippen LogP contribution in [-0.2, 0) is 4.79 Å². The first-order valence-electron chi connectivity index (χ1n) is 4.04. The first-order valence-corrected chi connectivity index (χ1v) is 4.04. The van der Waals surface area contributed by atoms with E-state index in [0.29, 0.717) is 0 Å². The fourth-order valence-electron chi connectivity index (χ4n) is 0.901. The molecule has 0 heterocycles. The molecular formula is C11H6FNO2. The molecule has 74 valence electrons. The van der Waals surface area contributed by atoms with Gasteiger partial charge in [-0.2, -0.15) is 5.26 Å². The number of nitrogens with zero attached hydrogens (tertiary/aromatic N) is 1. The number of carboxylic acids is 1. The van der Waals surface area contributed by atoms with Crippen molar-refractivity contribution < 1.29 is 14.3 Å². The predicted octanol–water partition coefficient (Wildman–Crippen LogP) is 1.52. The maximum absolute atomic E-state index is 13.2. The molecule has 4 heteroatoms. The lowest BCUT2D eigenvalue weighted by molar-refractivity contribution is -0.135. The first-order chi connectivity index (χ1) is 7.13. The zero-order chi connectivity index (χ0) is 11.3. The van der Waals surface area contributed by atoms with E-state index in [0.717, 1.165) is 6.07 Å². The van der Waals surface area contributed by atoms with E-state index in [2.05, 4.69) is 11.8 Å². The molecule has 0 saturated heterocycles. The summed E-state index contributed by atoms with van der Waals surface area (Å²) in [4.78, 5) is 10.1. The van der Waals surface area contributed by atoms with Crippen molar-refractivity contribution in [2.24, 2.45) is 0 Å². The van der Waals surface area contributed by atoms with Crippen LogP contribution in [0.2, 0.25) is 0 Å². The van der Waals surface area contributed by atoms with E-state index in [-0.39, 0.29) is 17.5 Å². The Hall–Kier alpha value is -2.33. The van der Waals surface area contributed by atoms with E-state index < -0.39 is 11.8 Å². The Balaban J connectivity index is 2.91. The van der Waals surface area contributed by atoms with Crippen molar-refractivity contribution in [3.8, 4) is 17.9 Å². The van der Waals surface area contributed by atoms with Gasteiger partial charge in [0, 0.05) is 0 Å². The van der Waals surface area contributed by atoms with Crippen LogP contribution >= 0.6 is 0 Å². The Labute approximate surface area is 85.8 Å². The second-order valence-electron chi connectivity index (χ2n) is 2.68. The number of halogens is 1. The van der Waals surface area contributed by atoms with Crippen molar-refractivity contribution in [1.29, 1.82) is 5.26 Å². The average molecular weight is 203 g/mol. The molecule has 0 aromatic heterocycles. The Morgan fingerprint density at radius 3 is 2.80 bits per heavy atom. The maximum Gasteiger partial charge on any atom is 0.315 e. The van der Waals surface area contributed by atoms with Crippen LogP contribution in [-0.4, -0.2) is 11.1 Å². The standard InChI is InChI=1S/C11H6FNO2/c12-10-6-8(7-13)4-5-9(10)2-1-3-11(14)15/h4-6H,3H2,(H,14,15). The number of hydrogen-bond donors (Lipinski definition) is 1. The summed E-state index contributed by atoms with van der Waals surface area (Å²) in [6.07, 6.45) is -0.334. The third kappa shape index (κ3) is 3.13. The Morgan fingerprint density at radius 2 is 2.27 bits per heavy atom. The Bertz CT molecular complexity index is 492. The Kier molecular flexibility index (Phi) is 3.43. The highest BCUT2D eigenvalue weighted by Crippen LogP contribution is 2.08. The summed E-state index contributed by atoms with van der Waals surface area (Å²) in [6, 6.07) is 5.62. The maximum atomic E-state index is 13.2. The lowest BCUT2D eigenvalue weighted by Crippen LogP contribution is -1.91. The summed E-state index contributed by atoms with van der Waals surface area (Å²) in [5, 5.41) is 16.8. The van der Waals surface area contributed by atoms with E-state index in [9.17, 15) is 9.18 Å². The molecule has 1 rings (SSSR count). The van der Waals surface area contributed by atoms with Crippen molar-refractivity contribution in [2.75, 3.05) is 0 Å². The average Bonchev–Trinajstić information content (AvgIpc) is 2.20. The molecule has 0 atom stereocenters. The molecule has 0 bridgehead atoms. The lowest BCUT2D eigenvalue weighted by Gasteiger charge is -1.93. The monoisotopic (exact) mass is 203 g/mol. The summed E-state index contributed by atoms with van der Waals surface area (Å²) < 4.78 is 13.2. The van der Waals surface area contributed by atoms with E-state index in [1.807, 2.05) is 0 Å². The number of benzene rings is 1. The molecule has 0 unspecified atom stereocenters. The van der Waals surface area contributed by atoms with E-state index in [4.69, 9.17) is 10.4 Å². The van der Waals surface area contributed by atoms with Crippen molar-refractivity contribution >= 4 is 5.97 Å².